The highest BCUT2D eigenvalue weighted by Gasteiger charge is 2.32. The summed E-state index contributed by atoms with van der Waals surface area (Å²) in [7, 11) is 1.41. The normalized spacial score (nSPS) is 22.1. The van der Waals surface area contributed by atoms with E-state index < -0.39 is 0 Å². The number of hydrogen-bond donors (Lipinski definition) is 0. The van der Waals surface area contributed by atoms with Crippen molar-refractivity contribution in [2.24, 2.45) is 0 Å². The molecule has 5 nitrogen and oxygen atoms in total. The van der Waals surface area contributed by atoms with Gasteiger partial charge in [-0.1, -0.05) is 11.6 Å². The molecule has 18 heavy (non-hydrogen) atoms. The van der Waals surface area contributed by atoms with Crippen LogP contribution in [0, 0.1) is 0 Å². The highest BCUT2D eigenvalue weighted by atomic mass is 35.5. The van der Waals surface area contributed by atoms with Crippen molar-refractivity contribution in [3.05, 3.63) is 21.8 Å². The third-order valence-corrected chi connectivity index (χ3v) is 3.38. The highest BCUT2D eigenvalue weighted by Crippen LogP contribution is 2.30. The van der Waals surface area contributed by atoms with E-state index in [0.29, 0.717) is 6.54 Å². The van der Waals surface area contributed by atoms with Gasteiger partial charge in [0, 0.05) is 0 Å². The molecule has 100 valence electrons. The molecule has 1 aromatic heterocycles. The van der Waals surface area contributed by atoms with Crippen LogP contribution in [0.4, 0.5) is 0 Å². The molecule has 0 aromatic carbocycles. The standard InChI is InChI=1S/C12H17ClN2O3/c1-12(2)5-4-8(18-12)6-15-7-14-10(13)9(17-3)11(15)16/h7-8H,4-6H2,1-3H3. The average molecular weight is 273 g/mol. The van der Waals surface area contributed by atoms with E-state index in [1.165, 1.54) is 18.0 Å². The van der Waals surface area contributed by atoms with E-state index >= 15 is 0 Å². The van der Waals surface area contributed by atoms with Gasteiger partial charge >= 0.3 is 0 Å². The fourth-order valence-corrected chi connectivity index (χ4v) is 2.38. The summed E-state index contributed by atoms with van der Waals surface area (Å²) < 4.78 is 12.3. The van der Waals surface area contributed by atoms with Crippen molar-refractivity contribution in [1.82, 2.24) is 9.55 Å². The third-order valence-electron chi connectivity index (χ3n) is 3.11. The average Bonchev–Trinajstić information content (AvgIpc) is 2.63. The van der Waals surface area contributed by atoms with Gasteiger partial charge in [-0.3, -0.25) is 9.36 Å². The van der Waals surface area contributed by atoms with Gasteiger partial charge in [-0.05, 0) is 26.7 Å². The molecule has 1 atom stereocenters. The second-order valence-electron chi connectivity index (χ2n) is 5.06. The Morgan fingerprint density at radius 3 is 2.94 bits per heavy atom. The second-order valence-corrected chi connectivity index (χ2v) is 5.42. The number of hydrogen-bond acceptors (Lipinski definition) is 4. The molecule has 0 radical (unpaired) electrons. The van der Waals surface area contributed by atoms with Crippen LogP contribution >= 0.6 is 11.6 Å². The van der Waals surface area contributed by atoms with Gasteiger partial charge in [-0.15, -0.1) is 0 Å². The van der Waals surface area contributed by atoms with Crippen molar-refractivity contribution in [3.63, 3.8) is 0 Å². The van der Waals surface area contributed by atoms with Crippen molar-refractivity contribution < 1.29 is 9.47 Å². The Morgan fingerprint density at radius 1 is 1.67 bits per heavy atom. The zero-order chi connectivity index (χ0) is 13.3. The summed E-state index contributed by atoms with van der Waals surface area (Å²) in [4.78, 5) is 16.0. The molecule has 1 unspecified atom stereocenters. The molecule has 2 heterocycles. The van der Waals surface area contributed by atoms with Crippen LogP contribution in [0.2, 0.25) is 5.15 Å². The maximum Gasteiger partial charge on any atom is 0.297 e. The zero-order valence-electron chi connectivity index (χ0n) is 10.8. The van der Waals surface area contributed by atoms with Gasteiger partial charge in [0.25, 0.3) is 5.56 Å². The van der Waals surface area contributed by atoms with Crippen LogP contribution in [-0.4, -0.2) is 28.4 Å². The lowest BCUT2D eigenvalue weighted by Gasteiger charge is -2.19. The molecule has 1 aliphatic heterocycles. The molecule has 0 aliphatic carbocycles. The lowest BCUT2D eigenvalue weighted by Crippen LogP contribution is -2.29. The Morgan fingerprint density at radius 2 is 2.39 bits per heavy atom. The number of ether oxygens (including phenoxy) is 2. The number of nitrogens with zero attached hydrogens (tertiary/aromatic N) is 2. The first-order valence-corrected chi connectivity index (χ1v) is 6.27. The van der Waals surface area contributed by atoms with Gasteiger partial charge in [0.15, 0.2) is 5.15 Å². The maximum absolute atomic E-state index is 12.0. The van der Waals surface area contributed by atoms with Crippen molar-refractivity contribution >= 4 is 11.6 Å². The van der Waals surface area contributed by atoms with E-state index in [0.717, 1.165) is 12.8 Å². The van der Waals surface area contributed by atoms with E-state index in [2.05, 4.69) is 18.8 Å². The van der Waals surface area contributed by atoms with Crippen LogP contribution in [-0.2, 0) is 11.3 Å². The predicted octanol–water partition coefficient (Wildman–Crippen LogP) is 1.86. The van der Waals surface area contributed by atoms with E-state index in [4.69, 9.17) is 21.1 Å². The van der Waals surface area contributed by atoms with Crippen molar-refractivity contribution in [2.45, 2.75) is 44.9 Å². The molecule has 1 aromatic rings. The molecule has 1 fully saturated rings. The Labute approximate surface area is 111 Å². The third kappa shape index (κ3) is 2.67. The van der Waals surface area contributed by atoms with Gasteiger partial charge < -0.3 is 9.47 Å². The summed E-state index contributed by atoms with van der Waals surface area (Å²) in [5.74, 6) is 0.0800. The summed E-state index contributed by atoms with van der Waals surface area (Å²) >= 11 is 5.78. The Hall–Kier alpha value is -1.07. The molecule has 0 N–H and O–H groups in total. The SMILES string of the molecule is COc1c(Cl)ncn(CC2CCC(C)(C)O2)c1=O. The predicted molar refractivity (Wildman–Crippen MR) is 68.2 cm³/mol. The number of rotatable bonds is 3. The summed E-state index contributed by atoms with van der Waals surface area (Å²) in [6, 6.07) is 0. The van der Waals surface area contributed by atoms with E-state index in [1.807, 2.05) is 0 Å². The molecule has 0 bridgehead atoms. The summed E-state index contributed by atoms with van der Waals surface area (Å²) in [5.41, 5.74) is -0.385. The summed E-state index contributed by atoms with van der Waals surface area (Å²) in [6.07, 6.45) is 3.39. The van der Waals surface area contributed by atoms with Crippen molar-refractivity contribution in [2.75, 3.05) is 7.11 Å². The van der Waals surface area contributed by atoms with E-state index in [-0.39, 0.29) is 28.2 Å². The fourth-order valence-electron chi connectivity index (χ4n) is 2.18. The van der Waals surface area contributed by atoms with E-state index in [1.54, 1.807) is 0 Å². The summed E-state index contributed by atoms with van der Waals surface area (Å²) in [6.45, 7) is 4.58. The van der Waals surface area contributed by atoms with Crippen LogP contribution in [0.25, 0.3) is 0 Å². The topological polar surface area (TPSA) is 53.4 Å². The van der Waals surface area contributed by atoms with Crippen LogP contribution in [0.1, 0.15) is 26.7 Å². The first-order valence-electron chi connectivity index (χ1n) is 5.90. The molecule has 1 aliphatic rings. The first kappa shape index (κ1) is 13.4. The second kappa shape index (κ2) is 4.90. The molecule has 0 amide bonds. The van der Waals surface area contributed by atoms with Gasteiger partial charge in [0.2, 0.25) is 5.75 Å². The molecular weight excluding hydrogens is 256 g/mol. The Balaban J connectivity index is 2.18. The Kier molecular flexibility index (Phi) is 3.64. The number of methoxy groups -OCH3 is 1. The quantitative estimate of drug-likeness (QED) is 0.788. The number of aromatic nitrogens is 2. The van der Waals surface area contributed by atoms with Crippen molar-refractivity contribution in [1.29, 1.82) is 0 Å². The van der Waals surface area contributed by atoms with Crippen molar-refractivity contribution in [3.8, 4) is 5.75 Å². The largest absolute Gasteiger partial charge is 0.489 e. The minimum atomic E-state index is -0.272. The lowest BCUT2D eigenvalue weighted by atomic mass is 10.1. The van der Waals surface area contributed by atoms with Crippen LogP contribution < -0.4 is 10.3 Å². The molecule has 0 spiro atoms. The van der Waals surface area contributed by atoms with Gasteiger partial charge in [0.1, 0.15) is 0 Å². The van der Waals surface area contributed by atoms with E-state index in [9.17, 15) is 4.79 Å². The molecule has 6 heteroatoms. The van der Waals surface area contributed by atoms with Gasteiger partial charge in [-0.2, -0.15) is 0 Å². The molecular formula is C12H17ClN2O3. The monoisotopic (exact) mass is 272 g/mol. The molecule has 2 rings (SSSR count). The smallest absolute Gasteiger partial charge is 0.297 e. The minimum absolute atomic E-state index is 0.0328. The minimum Gasteiger partial charge on any atom is -0.489 e. The lowest BCUT2D eigenvalue weighted by molar-refractivity contribution is -0.0222. The fraction of sp³-hybridized carbons (Fsp3) is 0.667. The van der Waals surface area contributed by atoms with Crippen LogP contribution in [0.15, 0.2) is 11.1 Å². The van der Waals surface area contributed by atoms with Crippen LogP contribution in [0.3, 0.4) is 0 Å². The maximum atomic E-state index is 12.0. The zero-order valence-corrected chi connectivity index (χ0v) is 11.5. The Bertz CT molecular complexity index is 499. The number of halogens is 1. The molecule has 0 saturated carbocycles. The van der Waals surface area contributed by atoms with Gasteiger partial charge in [-0.25, -0.2) is 4.98 Å². The van der Waals surface area contributed by atoms with Gasteiger partial charge in [0.05, 0.1) is 31.7 Å². The first-order chi connectivity index (χ1) is 8.43. The summed E-state index contributed by atoms with van der Waals surface area (Å²) in [5, 5.41) is 0.0893. The van der Waals surface area contributed by atoms with Crippen LogP contribution in [0.5, 0.6) is 5.75 Å². The highest BCUT2D eigenvalue weighted by molar-refractivity contribution is 6.30. The molecule has 1 saturated heterocycles.